The Hall–Kier alpha value is -4.54. The van der Waals surface area contributed by atoms with Gasteiger partial charge in [-0.1, -0.05) is 76.1 Å². The number of carbonyl (C=O) groups is 1. The highest BCUT2D eigenvalue weighted by Gasteiger charge is 2.14. The zero-order valence-corrected chi connectivity index (χ0v) is 23.2. The summed E-state index contributed by atoms with van der Waals surface area (Å²) in [4.78, 5) is 12.9. The van der Waals surface area contributed by atoms with Crippen LogP contribution in [0.5, 0.6) is 17.2 Å². The summed E-state index contributed by atoms with van der Waals surface area (Å²) in [6.45, 7) is 2.85. The molecule has 6 nitrogen and oxygen atoms in total. The lowest BCUT2D eigenvalue weighted by Crippen LogP contribution is -2.13. The zero-order chi connectivity index (χ0) is 27.6. The second-order valence-corrected chi connectivity index (χ2v) is 9.58. The second kappa shape index (κ2) is 13.3. The van der Waals surface area contributed by atoms with E-state index in [9.17, 15) is 10.1 Å². The number of rotatable bonds is 10. The Morgan fingerprint density at radius 1 is 0.897 bits per heavy atom. The van der Waals surface area contributed by atoms with E-state index in [1.807, 2.05) is 67.6 Å². The van der Waals surface area contributed by atoms with Gasteiger partial charge in [-0.2, -0.15) is 5.26 Å². The van der Waals surface area contributed by atoms with E-state index in [1.165, 1.54) is 11.6 Å². The number of carbonyl (C=O) groups excluding carboxylic acids is 1. The highest BCUT2D eigenvalue weighted by atomic mass is 79.9. The molecule has 0 unspecified atom stereocenters. The summed E-state index contributed by atoms with van der Waals surface area (Å²) >= 11 is 3.52. The third-order valence-corrected chi connectivity index (χ3v) is 6.51. The number of nitrogens with zero attached hydrogens (tertiary/aromatic N) is 1. The van der Waals surface area contributed by atoms with Crippen LogP contribution in [0.2, 0.25) is 0 Å². The van der Waals surface area contributed by atoms with E-state index in [4.69, 9.17) is 14.2 Å². The molecule has 0 aliphatic heterocycles. The molecular weight excluding hydrogens is 556 g/mol. The predicted molar refractivity (Wildman–Crippen MR) is 156 cm³/mol. The van der Waals surface area contributed by atoms with Gasteiger partial charge in [0.2, 0.25) is 0 Å². The SMILES string of the molecule is COc1cc(/C=C(\C#N)C(=O)Nc2ccc(OCc3ccccc3)cc2)c(Br)cc1OCc1ccc(C)cc1. The van der Waals surface area contributed by atoms with Crippen LogP contribution < -0.4 is 19.5 Å². The minimum atomic E-state index is -0.527. The van der Waals surface area contributed by atoms with Crippen molar-refractivity contribution < 1.29 is 19.0 Å². The Bertz CT molecular complexity index is 1490. The number of aryl methyl sites for hydroxylation is 1. The van der Waals surface area contributed by atoms with Crippen molar-refractivity contribution in [1.82, 2.24) is 0 Å². The molecule has 0 heterocycles. The fourth-order valence-corrected chi connectivity index (χ4v) is 4.09. The summed E-state index contributed by atoms with van der Waals surface area (Å²) in [6, 6.07) is 30.4. The van der Waals surface area contributed by atoms with Crippen molar-refractivity contribution in [1.29, 1.82) is 5.26 Å². The van der Waals surface area contributed by atoms with Gasteiger partial charge in [0, 0.05) is 10.2 Å². The van der Waals surface area contributed by atoms with Crippen molar-refractivity contribution in [3.05, 3.63) is 123 Å². The molecule has 0 bridgehead atoms. The molecule has 4 rings (SSSR count). The number of nitrogens with one attached hydrogen (secondary N) is 1. The van der Waals surface area contributed by atoms with Crippen LogP contribution in [0.25, 0.3) is 6.08 Å². The molecule has 39 heavy (non-hydrogen) atoms. The molecule has 0 saturated carbocycles. The largest absolute Gasteiger partial charge is 0.493 e. The van der Waals surface area contributed by atoms with Crippen LogP contribution in [0.15, 0.2) is 101 Å². The maximum absolute atomic E-state index is 12.9. The Morgan fingerprint density at radius 3 is 2.23 bits per heavy atom. The minimum Gasteiger partial charge on any atom is -0.493 e. The van der Waals surface area contributed by atoms with Crippen LogP contribution in [0.1, 0.15) is 22.3 Å². The summed E-state index contributed by atoms with van der Waals surface area (Å²) in [6.07, 6.45) is 1.50. The zero-order valence-electron chi connectivity index (χ0n) is 21.6. The van der Waals surface area contributed by atoms with E-state index in [-0.39, 0.29) is 5.57 Å². The first-order chi connectivity index (χ1) is 18.9. The Kier molecular flexibility index (Phi) is 9.39. The standard InChI is InChI=1S/C32H27BrN2O4/c1-22-8-10-24(11-9-22)21-39-31-18-29(33)25(17-30(31)37-2)16-26(19-34)32(36)35-27-12-14-28(15-13-27)38-20-23-6-4-3-5-7-23/h3-18H,20-21H2,1-2H3,(H,35,36)/b26-16+. The minimum absolute atomic E-state index is 0.0597. The predicted octanol–water partition coefficient (Wildman–Crippen LogP) is 7.47. The van der Waals surface area contributed by atoms with E-state index in [0.29, 0.717) is 46.2 Å². The number of hydrogen-bond donors (Lipinski definition) is 1. The van der Waals surface area contributed by atoms with Crippen molar-refractivity contribution in [2.75, 3.05) is 12.4 Å². The molecule has 4 aromatic rings. The molecule has 196 valence electrons. The van der Waals surface area contributed by atoms with Crippen molar-refractivity contribution in [3.63, 3.8) is 0 Å². The number of halogens is 1. The number of anilines is 1. The van der Waals surface area contributed by atoms with E-state index in [2.05, 4.69) is 21.2 Å². The first-order valence-corrected chi connectivity index (χ1v) is 13.0. The lowest BCUT2D eigenvalue weighted by molar-refractivity contribution is -0.112. The van der Waals surface area contributed by atoms with Crippen LogP contribution in [-0.2, 0) is 18.0 Å². The average molecular weight is 583 g/mol. The van der Waals surface area contributed by atoms with Gasteiger partial charge in [-0.25, -0.2) is 0 Å². The van der Waals surface area contributed by atoms with Crippen LogP contribution in [0.3, 0.4) is 0 Å². The fourth-order valence-electron chi connectivity index (χ4n) is 3.66. The van der Waals surface area contributed by atoms with Crippen LogP contribution >= 0.6 is 15.9 Å². The van der Waals surface area contributed by atoms with E-state index < -0.39 is 5.91 Å². The summed E-state index contributed by atoms with van der Waals surface area (Å²) in [7, 11) is 1.54. The van der Waals surface area contributed by atoms with Gasteiger partial charge in [-0.05, 0) is 66.1 Å². The number of ether oxygens (including phenoxy) is 3. The second-order valence-electron chi connectivity index (χ2n) is 8.72. The molecule has 0 aromatic heterocycles. The summed E-state index contributed by atoms with van der Waals surface area (Å²) < 4.78 is 17.9. The molecule has 1 N–H and O–H groups in total. The Morgan fingerprint density at radius 2 is 1.56 bits per heavy atom. The number of hydrogen-bond acceptors (Lipinski definition) is 5. The average Bonchev–Trinajstić information content (AvgIpc) is 2.96. The van der Waals surface area contributed by atoms with E-state index in [1.54, 1.807) is 43.5 Å². The van der Waals surface area contributed by atoms with Gasteiger partial charge in [-0.15, -0.1) is 0 Å². The van der Waals surface area contributed by atoms with Crippen LogP contribution in [0, 0.1) is 18.3 Å². The van der Waals surface area contributed by atoms with Crippen molar-refractivity contribution in [2.24, 2.45) is 0 Å². The van der Waals surface area contributed by atoms with Crippen molar-refractivity contribution in [2.45, 2.75) is 20.1 Å². The van der Waals surface area contributed by atoms with Crippen molar-refractivity contribution in [3.8, 4) is 23.3 Å². The molecule has 4 aromatic carbocycles. The number of methoxy groups -OCH3 is 1. The summed E-state index contributed by atoms with van der Waals surface area (Å²) in [5.41, 5.74) is 4.36. The van der Waals surface area contributed by atoms with Gasteiger partial charge in [0.15, 0.2) is 11.5 Å². The smallest absolute Gasteiger partial charge is 0.266 e. The summed E-state index contributed by atoms with van der Waals surface area (Å²) in [5, 5.41) is 12.4. The van der Waals surface area contributed by atoms with Gasteiger partial charge in [-0.3, -0.25) is 4.79 Å². The maximum Gasteiger partial charge on any atom is 0.266 e. The quantitative estimate of drug-likeness (QED) is 0.155. The van der Waals surface area contributed by atoms with E-state index in [0.717, 1.165) is 11.1 Å². The molecule has 0 radical (unpaired) electrons. The highest BCUT2D eigenvalue weighted by molar-refractivity contribution is 9.10. The highest BCUT2D eigenvalue weighted by Crippen LogP contribution is 2.35. The van der Waals surface area contributed by atoms with Gasteiger partial charge in [0.25, 0.3) is 5.91 Å². The molecule has 0 fully saturated rings. The van der Waals surface area contributed by atoms with Crippen LogP contribution in [0.4, 0.5) is 5.69 Å². The van der Waals surface area contributed by atoms with Gasteiger partial charge in [0.05, 0.1) is 7.11 Å². The third-order valence-electron chi connectivity index (χ3n) is 5.82. The molecule has 0 saturated heterocycles. The molecule has 0 spiro atoms. The number of nitriles is 1. The monoisotopic (exact) mass is 582 g/mol. The van der Waals surface area contributed by atoms with Gasteiger partial charge < -0.3 is 19.5 Å². The van der Waals surface area contributed by atoms with Crippen LogP contribution in [-0.4, -0.2) is 13.0 Å². The number of benzene rings is 4. The third kappa shape index (κ3) is 7.73. The number of amides is 1. The van der Waals surface area contributed by atoms with Gasteiger partial charge in [0.1, 0.15) is 30.6 Å². The van der Waals surface area contributed by atoms with Gasteiger partial charge >= 0.3 is 0 Å². The van der Waals surface area contributed by atoms with Crippen molar-refractivity contribution >= 4 is 33.6 Å². The lowest BCUT2D eigenvalue weighted by Gasteiger charge is -2.13. The molecule has 7 heteroatoms. The molecular formula is C32H27BrN2O4. The molecule has 0 aliphatic carbocycles. The van der Waals surface area contributed by atoms with E-state index >= 15 is 0 Å². The topological polar surface area (TPSA) is 80.6 Å². The summed E-state index contributed by atoms with van der Waals surface area (Å²) in [5.74, 6) is 1.18. The first-order valence-electron chi connectivity index (χ1n) is 12.2. The first kappa shape index (κ1) is 27.5. The normalized spacial score (nSPS) is 10.9. The Labute approximate surface area is 236 Å². The molecule has 1 amide bonds. The Balaban J connectivity index is 1.42. The molecule has 0 atom stereocenters. The molecule has 0 aliphatic rings. The maximum atomic E-state index is 12.9. The lowest BCUT2D eigenvalue weighted by atomic mass is 10.1. The fraction of sp³-hybridized carbons (Fsp3) is 0.125.